The molecule has 9 N–H and O–H groups in total. The minimum atomic E-state index is -1.32. The lowest BCUT2D eigenvalue weighted by atomic mass is 10.0. The van der Waals surface area contributed by atoms with E-state index < -0.39 is 23.4 Å². The van der Waals surface area contributed by atoms with Crippen molar-refractivity contribution >= 4 is 52.8 Å². The molecular weight excluding hydrogens is 636 g/mol. The highest BCUT2D eigenvalue weighted by Gasteiger charge is 2.21. The van der Waals surface area contributed by atoms with Crippen LogP contribution in [0.1, 0.15) is 57.6 Å². The molecule has 4 aromatic heterocycles. The fourth-order valence-corrected chi connectivity index (χ4v) is 5.11. The Labute approximate surface area is 270 Å². The molecule has 246 valence electrons. The molecular formula is C29H31ClN10O7. The van der Waals surface area contributed by atoms with Crippen molar-refractivity contribution in [2.75, 3.05) is 11.5 Å². The molecule has 1 amide bonds. The van der Waals surface area contributed by atoms with Crippen LogP contribution in [0.2, 0.25) is 0 Å². The molecule has 0 spiro atoms. The van der Waals surface area contributed by atoms with Crippen molar-refractivity contribution in [3.8, 4) is 11.4 Å². The van der Waals surface area contributed by atoms with Crippen molar-refractivity contribution in [2.24, 2.45) is 12.8 Å². The quantitative estimate of drug-likeness (QED) is 0.154. The first-order valence-electron chi connectivity index (χ1n) is 13.5. The van der Waals surface area contributed by atoms with Crippen LogP contribution >= 0.6 is 12.4 Å². The Morgan fingerprint density at radius 2 is 1.89 bits per heavy atom. The number of anilines is 2. The zero-order valence-corrected chi connectivity index (χ0v) is 24.8. The van der Waals surface area contributed by atoms with Crippen molar-refractivity contribution in [2.45, 2.75) is 32.9 Å². The van der Waals surface area contributed by atoms with E-state index in [0.717, 1.165) is 28.9 Å². The largest absolute Gasteiger partial charge is 0.477 e. The molecule has 1 atom stereocenters. The Hall–Kier alpha value is -5.94. The molecule has 0 aliphatic heterocycles. The number of aromatic nitrogens is 6. The van der Waals surface area contributed by atoms with Gasteiger partial charge >= 0.3 is 17.5 Å². The number of hydrogen-bond acceptors (Lipinski definition) is 12. The number of amides is 1. The fourth-order valence-electron chi connectivity index (χ4n) is 5.11. The van der Waals surface area contributed by atoms with Crippen molar-refractivity contribution in [1.82, 2.24) is 34.4 Å². The Kier molecular flexibility index (Phi) is 9.53. The predicted molar refractivity (Wildman–Crippen MR) is 173 cm³/mol. The number of carboxylic acid groups (broad SMARTS) is 1. The normalized spacial score (nSPS) is 13.3. The maximum atomic E-state index is 12.5. The number of aromatic amines is 1. The second-order valence-electron chi connectivity index (χ2n) is 10.3. The molecule has 0 fully saturated rings. The van der Waals surface area contributed by atoms with Gasteiger partial charge in [-0.3, -0.25) is 23.3 Å². The molecule has 0 bridgehead atoms. The van der Waals surface area contributed by atoms with E-state index in [2.05, 4.69) is 29.9 Å². The Morgan fingerprint density at radius 1 is 1.13 bits per heavy atom. The number of oxazole rings is 1. The maximum absolute atomic E-state index is 12.5. The van der Waals surface area contributed by atoms with Crippen LogP contribution in [0.4, 0.5) is 11.8 Å². The highest BCUT2D eigenvalue weighted by Crippen LogP contribution is 2.31. The van der Waals surface area contributed by atoms with Crippen LogP contribution in [0.15, 0.2) is 61.0 Å². The summed E-state index contributed by atoms with van der Waals surface area (Å²) < 4.78 is 11.9. The Balaban J connectivity index is 0.000000236. The average molecular weight is 667 g/mol. The summed E-state index contributed by atoms with van der Waals surface area (Å²) in [5.74, 6) is -2.73. The summed E-state index contributed by atoms with van der Waals surface area (Å²) in [6, 6.07) is 12.2. The third-order valence-corrected chi connectivity index (χ3v) is 7.39. The summed E-state index contributed by atoms with van der Waals surface area (Å²) in [7, 11) is 1.57. The zero-order valence-electron chi connectivity index (χ0n) is 24.0. The third kappa shape index (κ3) is 6.42. The number of aryl methyl sites for hydroxylation is 2. The number of hydrogen-bond donors (Lipinski definition) is 6. The van der Waals surface area contributed by atoms with Crippen LogP contribution in [0.5, 0.6) is 0 Å². The monoisotopic (exact) mass is 666 g/mol. The third-order valence-electron chi connectivity index (χ3n) is 7.39. The van der Waals surface area contributed by atoms with Gasteiger partial charge in [0.05, 0.1) is 5.52 Å². The summed E-state index contributed by atoms with van der Waals surface area (Å²) in [5, 5.41) is 15.7. The van der Waals surface area contributed by atoms with Crippen LogP contribution in [0, 0.1) is 0 Å². The molecule has 1 aliphatic carbocycles. The number of nitrogens with zero attached hydrogens (tertiary/aromatic N) is 5. The number of benzene rings is 2. The number of nitrogens with two attached hydrogens (primary N) is 3. The molecule has 7 rings (SSSR count). The molecule has 17 nitrogen and oxygen atoms in total. The summed E-state index contributed by atoms with van der Waals surface area (Å²) in [6.45, 7) is 0.111. The lowest BCUT2D eigenvalue weighted by Crippen LogP contribution is -2.25. The number of carboxylic acids is 1. The molecule has 0 unspecified atom stereocenters. The number of fused-ring (bicyclic) bond motifs is 3. The lowest BCUT2D eigenvalue weighted by Gasteiger charge is -2.08. The first-order valence-corrected chi connectivity index (χ1v) is 13.5. The van der Waals surface area contributed by atoms with Gasteiger partial charge in [0.25, 0.3) is 5.91 Å². The van der Waals surface area contributed by atoms with Gasteiger partial charge in [-0.25, -0.2) is 19.4 Å². The first kappa shape index (κ1) is 33.9. The summed E-state index contributed by atoms with van der Waals surface area (Å²) in [4.78, 5) is 56.9. The van der Waals surface area contributed by atoms with Gasteiger partial charge in [-0.1, -0.05) is 30.8 Å². The van der Waals surface area contributed by atoms with Crippen LogP contribution in [0.25, 0.3) is 28.1 Å². The van der Waals surface area contributed by atoms with Gasteiger partial charge in [0.15, 0.2) is 22.9 Å². The molecule has 6 aromatic rings. The van der Waals surface area contributed by atoms with E-state index >= 15 is 0 Å². The second-order valence-corrected chi connectivity index (χ2v) is 10.3. The molecule has 1 aliphatic rings. The number of carbonyl (C=O) groups is 2. The van der Waals surface area contributed by atoms with Crippen molar-refractivity contribution in [1.29, 1.82) is 0 Å². The molecule has 2 aromatic carbocycles. The Bertz CT molecular complexity index is 2250. The van der Waals surface area contributed by atoms with E-state index in [-0.39, 0.29) is 61.2 Å². The van der Waals surface area contributed by atoms with Crippen LogP contribution in [-0.4, -0.2) is 46.1 Å². The van der Waals surface area contributed by atoms with Gasteiger partial charge in [-0.15, -0.1) is 12.4 Å². The van der Waals surface area contributed by atoms with E-state index in [9.17, 15) is 24.3 Å². The lowest BCUT2D eigenvalue weighted by molar-refractivity contribution is 0.0688. The van der Waals surface area contributed by atoms with Crippen LogP contribution in [-0.2, 0) is 20.0 Å². The molecule has 4 heterocycles. The predicted octanol–water partition coefficient (Wildman–Crippen LogP) is 2.00. The average Bonchev–Trinajstić information content (AvgIpc) is 3.77. The summed E-state index contributed by atoms with van der Waals surface area (Å²) in [5.41, 5.74) is 21.9. The number of halogens is 1. The van der Waals surface area contributed by atoms with Crippen LogP contribution < -0.4 is 34.0 Å². The topological polar surface area (TPSA) is 269 Å². The van der Waals surface area contributed by atoms with Gasteiger partial charge < -0.3 is 32.0 Å². The van der Waals surface area contributed by atoms with Gasteiger partial charge in [0, 0.05) is 31.3 Å². The summed E-state index contributed by atoms with van der Waals surface area (Å²) in [6.07, 6.45) is 1.96. The molecule has 18 heteroatoms. The Morgan fingerprint density at radius 3 is 2.60 bits per heavy atom. The smallest absolute Gasteiger partial charge is 0.439 e. The maximum Gasteiger partial charge on any atom is 0.439 e. The molecule has 47 heavy (non-hydrogen) atoms. The van der Waals surface area contributed by atoms with Gasteiger partial charge in [-0.05, 0) is 47.7 Å². The van der Waals surface area contributed by atoms with Crippen LogP contribution in [0.3, 0.4) is 0 Å². The van der Waals surface area contributed by atoms with Gasteiger partial charge in [-0.2, -0.15) is 4.98 Å². The minimum absolute atomic E-state index is 0. The second kappa shape index (κ2) is 13.2. The van der Waals surface area contributed by atoms with Gasteiger partial charge in [0.2, 0.25) is 5.95 Å². The number of H-pyrrole nitrogens is 1. The number of carbonyl (C=O) groups excluding carboxylic acids is 1. The number of imidazole rings is 1. The number of aromatic carboxylic acids is 1. The van der Waals surface area contributed by atoms with Crippen molar-refractivity contribution in [3.63, 3.8) is 0 Å². The zero-order chi connectivity index (χ0) is 32.0. The minimum Gasteiger partial charge on any atom is -0.477 e. The standard InChI is InChI=1S/C17H15N7O5.C11H11N3O2.CH4.ClH/c1-23-9-4-7(2-3-11(9)29-17(23)28)6-20-14(25)8-5-10(15(26)27)24-13(21-8)12(18)22-16(24)19;12-9-4-2-6-5-7(1-3-8(6)9)10-13-11(15)16-14-10;;/h2-5H,6,18H2,1H3,(H2,19,22)(H,20,25)(H,26,27);1,3,5,9H,2,4,12H2,(H,13,14,15);1H4;1H/t;9-;;/m.0../s1. The SMILES string of the molecule is C.Cl.Cn1c(=O)oc2ccc(CNC(=O)c3cc(C(=O)O)n4c(N)nc(N)c4n3)cc21.N[C@H]1CCc2cc(-c3noc(=O)[nH]3)ccc21. The van der Waals surface area contributed by atoms with E-state index in [4.69, 9.17) is 21.6 Å². The van der Waals surface area contributed by atoms with E-state index in [1.165, 1.54) is 15.7 Å². The molecule has 0 saturated heterocycles. The van der Waals surface area contributed by atoms with E-state index in [1.54, 1.807) is 25.2 Å². The van der Waals surface area contributed by atoms with E-state index in [1.807, 2.05) is 18.2 Å². The number of nitrogen functional groups attached to an aromatic ring is 2. The van der Waals surface area contributed by atoms with Gasteiger partial charge in [0.1, 0.15) is 11.4 Å². The van der Waals surface area contributed by atoms with Crippen molar-refractivity contribution in [3.05, 3.63) is 91.6 Å². The highest BCUT2D eigenvalue weighted by molar-refractivity contribution is 5.97. The number of nitrogens with one attached hydrogen (secondary N) is 2. The van der Waals surface area contributed by atoms with Crippen molar-refractivity contribution < 1.29 is 23.6 Å². The number of rotatable bonds is 5. The summed E-state index contributed by atoms with van der Waals surface area (Å²) >= 11 is 0. The molecule has 0 radical (unpaired) electrons. The molecule has 0 saturated carbocycles. The first-order chi connectivity index (χ1) is 21.5. The highest BCUT2D eigenvalue weighted by atomic mass is 35.5. The van der Waals surface area contributed by atoms with E-state index in [0.29, 0.717) is 22.5 Å². The fraction of sp³-hybridized carbons (Fsp3) is 0.207.